The highest BCUT2D eigenvalue weighted by Crippen LogP contribution is 2.24. The number of carbonyl (C=O) groups is 1. The van der Waals surface area contributed by atoms with Gasteiger partial charge in [-0.2, -0.15) is 0 Å². The predicted molar refractivity (Wildman–Crippen MR) is 72.6 cm³/mol. The van der Waals surface area contributed by atoms with E-state index >= 15 is 0 Å². The minimum Gasteiger partial charge on any atom is -0.326 e. The zero-order valence-corrected chi connectivity index (χ0v) is 11.4. The molecule has 2 aromatic carbocycles. The summed E-state index contributed by atoms with van der Waals surface area (Å²) < 4.78 is 38.1. The van der Waals surface area contributed by atoms with Crippen LogP contribution in [-0.4, -0.2) is 14.3 Å². The Morgan fingerprint density at radius 1 is 1.05 bits per heavy atom. The molecular formula is C14H12FNO3S. The third-order valence-electron chi connectivity index (χ3n) is 2.61. The van der Waals surface area contributed by atoms with E-state index in [9.17, 15) is 17.6 Å². The van der Waals surface area contributed by atoms with Crippen LogP contribution in [-0.2, 0) is 14.6 Å². The zero-order valence-electron chi connectivity index (χ0n) is 10.6. The van der Waals surface area contributed by atoms with Crippen molar-refractivity contribution in [3.8, 4) is 0 Å². The molecule has 4 nitrogen and oxygen atoms in total. The third-order valence-corrected chi connectivity index (χ3v) is 4.41. The van der Waals surface area contributed by atoms with E-state index in [1.54, 1.807) is 0 Å². The number of benzene rings is 2. The van der Waals surface area contributed by atoms with Gasteiger partial charge in [-0.1, -0.05) is 12.1 Å². The van der Waals surface area contributed by atoms with Crippen molar-refractivity contribution in [3.05, 3.63) is 54.3 Å². The largest absolute Gasteiger partial charge is 0.326 e. The van der Waals surface area contributed by atoms with Gasteiger partial charge in [-0.05, 0) is 36.4 Å². The maximum absolute atomic E-state index is 13.6. The molecule has 0 fully saturated rings. The van der Waals surface area contributed by atoms with Gasteiger partial charge in [0, 0.05) is 12.6 Å². The number of nitrogens with one attached hydrogen (secondary N) is 1. The van der Waals surface area contributed by atoms with E-state index in [-0.39, 0.29) is 15.7 Å². The highest BCUT2D eigenvalue weighted by molar-refractivity contribution is 7.91. The SMILES string of the molecule is CC(=O)Nc1ccc(S(=O)(=O)c2ccccc2F)cc1. The van der Waals surface area contributed by atoms with Crippen molar-refractivity contribution in [1.29, 1.82) is 0 Å². The molecule has 6 heteroatoms. The van der Waals surface area contributed by atoms with Gasteiger partial charge in [0.25, 0.3) is 0 Å². The topological polar surface area (TPSA) is 63.2 Å². The van der Waals surface area contributed by atoms with Crippen LogP contribution in [0.25, 0.3) is 0 Å². The molecule has 0 heterocycles. The van der Waals surface area contributed by atoms with Crippen LogP contribution in [0.4, 0.5) is 10.1 Å². The molecule has 0 saturated heterocycles. The van der Waals surface area contributed by atoms with Crippen molar-refractivity contribution in [2.45, 2.75) is 16.7 Å². The van der Waals surface area contributed by atoms with Crippen molar-refractivity contribution < 1.29 is 17.6 Å². The lowest BCUT2D eigenvalue weighted by atomic mass is 10.3. The summed E-state index contributed by atoms with van der Waals surface area (Å²) in [7, 11) is -3.90. The first-order valence-electron chi connectivity index (χ1n) is 5.78. The second-order valence-electron chi connectivity index (χ2n) is 4.14. The lowest BCUT2D eigenvalue weighted by molar-refractivity contribution is -0.114. The van der Waals surface area contributed by atoms with Gasteiger partial charge >= 0.3 is 0 Å². The second-order valence-corrected chi connectivity index (χ2v) is 6.06. The van der Waals surface area contributed by atoms with Crippen LogP contribution in [0, 0.1) is 5.82 Å². The molecule has 0 unspecified atom stereocenters. The molecule has 0 saturated carbocycles. The average Bonchev–Trinajstić information content (AvgIpc) is 2.39. The molecule has 0 atom stereocenters. The summed E-state index contributed by atoms with van der Waals surface area (Å²) in [5, 5.41) is 2.53. The Bertz CT molecular complexity index is 739. The molecule has 0 aliphatic rings. The van der Waals surface area contributed by atoms with E-state index in [2.05, 4.69) is 5.32 Å². The number of hydrogen-bond acceptors (Lipinski definition) is 3. The number of carbonyl (C=O) groups excluding carboxylic acids is 1. The summed E-state index contributed by atoms with van der Waals surface area (Å²) >= 11 is 0. The summed E-state index contributed by atoms with van der Waals surface area (Å²) in [5.41, 5.74) is 0.477. The molecule has 0 aliphatic heterocycles. The number of halogens is 1. The summed E-state index contributed by atoms with van der Waals surface area (Å²) in [6.45, 7) is 1.35. The maximum Gasteiger partial charge on any atom is 0.221 e. The number of anilines is 1. The number of amides is 1. The van der Waals surface area contributed by atoms with Gasteiger partial charge in [0.2, 0.25) is 15.7 Å². The Morgan fingerprint density at radius 2 is 1.65 bits per heavy atom. The maximum atomic E-state index is 13.6. The van der Waals surface area contributed by atoms with Gasteiger partial charge in [0.15, 0.2) is 0 Å². The summed E-state index contributed by atoms with van der Waals surface area (Å²) in [5.74, 6) is -1.05. The fourth-order valence-corrected chi connectivity index (χ4v) is 3.04. The highest BCUT2D eigenvalue weighted by atomic mass is 32.2. The standard InChI is InChI=1S/C14H12FNO3S/c1-10(17)16-11-6-8-12(9-7-11)20(18,19)14-5-3-2-4-13(14)15/h2-9H,1H3,(H,16,17). The summed E-state index contributed by atoms with van der Waals surface area (Å²) in [4.78, 5) is 10.5. The first kappa shape index (κ1) is 14.2. The quantitative estimate of drug-likeness (QED) is 0.946. The Morgan fingerprint density at radius 3 is 2.20 bits per heavy atom. The van der Waals surface area contributed by atoms with Crippen molar-refractivity contribution in [2.75, 3.05) is 5.32 Å². The molecule has 0 aliphatic carbocycles. The number of sulfone groups is 1. The lowest BCUT2D eigenvalue weighted by Gasteiger charge is -2.07. The molecular weight excluding hydrogens is 281 g/mol. The summed E-state index contributed by atoms with van der Waals surface area (Å²) in [6, 6.07) is 10.8. The minimum atomic E-state index is -3.90. The molecule has 1 N–H and O–H groups in total. The molecule has 0 radical (unpaired) electrons. The first-order chi connectivity index (χ1) is 9.41. The molecule has 0 aromatic heterocycles. The van der Waals surface area contributed by atoms with Crippen molar-refractivity contribution in [3.63, 3.8) is 0 Å². The minimum absolute atomic E-state index is 0.0308. The molecule has 2 aromatic rings. The Balaban J connectivity index is 2.40. The Hall–Kier alpha value is -2.21. The number of rotatable bonds is 3. The van der Waals surface area contributed by atoms with Gasteiger partial charge in [-0.3, -0.25) is 4.79 Å². The van der Waals surface area contributed by atoms with Crippen molar-refractivity contribution in [1.82, 2.24) is 0 Å². The normalized spacial score (nSPS) is 11.1. The second kappa shape index (κ2) is 5.42. The van der Waals surface area contributed by atoms with E-state index in [0.717, 1.165) is 6.07 Å². The summed E-state index contributed by atoms with van der Waals surface area (Å²) in [6.07, 6.45) is 0. The molecule has 1 amide bonds. The van der Waals surface area contributed by atoms with Crippen LogP contribution in [0.15, 0.2) is 58.3 Å². The van der Waals surface area contributed by atoms with E-state index in [1.807, 2.05) is 0 Å². The van der Waals surface area contributed by atoms with Crippen LogP contribution < -0.4 is 5.32 Å². The van der Waals surface area contributed by atoms with Crippen molar-refractivity contribution in [2.24, 2.45) is 0 Å². The Labute approximate surface area is 116 Å². The van der Waals surface area contributed by atoms with Crippen LogP contribution in [0.3, 0.4) is 0 Å². The van der Waals surface area contributed by atoms with Crippen molar-refractivity contribution >= 4 is 21.4 Å². The van der Waals surface area contributed by atoms with E-state index < -0.39 is 15.7 Å². The zero-order chi connectivity index (χ0) is 14.8. The molecule has 2 rings (SSSR count). The van der Waals surface area contributed by atoms with Crippen LogP contribution >= 0.6 is 0 Å². The molecule has 0 bridgehead atoms. The monoisotopic (exact) mass is 293 g/mol. The number of hydrogen-bond donors (Lipinski definition) is 1. The van der Waals surface area contributed by atoms with Gasteiger partial charge in [0.1, 0.15) is 10.7 Å². The fourth-order valence-electron chi connectivity index (χ4n) is 1.71. The third kappa shape index (κ3) is 2.85. The van der Waals surface area contributed by atoms with Gasteiger partial charge < -0.3 is 5.32 Å². The van der Waals surface area contributed by atoms with E-state index in [1.165, 1.54) is 49.4 Å². The van der Waals surface area contributed by atoms with Gasteiger partial charge in [-0.25, -0.2) is 12.8 Å². The van der Waals surface area contributed by atoms with E-state index in [0.29, 0.717) is 5.69 Å². The van der Waals surface area contributed by atoms with Crippen LogP contribution in [0.1, 0.15) is 6.92 Å². The fraction of sp³-hybridized carbons (Fsp3) is 0.0714. The first-order valence-corrected chi connectivity index (χ1v) is 7.27. The smallest absolute Gasteiger partial charge is 0.221 e. The highest BCUT2D eigenvalue weighted by Gasteiger charge is 2.21. The molecule has 20 heavy (non-hydrogen) atoms. The lowest BCUT2D eigenvalue weighted by Crippen LogP contribution is -2.07. The molecule has 104 valence electrons. The average molecular weight is 293 g/mol. The van der Waals surface area contributed by atoms with E-state index in [4.69, 9.17) is 0 Å². The molecule has 0 spiro atoms. The Kier molecular flexibility index (Phi) is 3.85. The van der Waals surface area contributed by atoms with Crippen LogP contribution in [0.2, 0.25) is 0 Å². The van der Waals surface area contributed by atoms with Crippen LogP contribution in [0.5, 0.6) is 0 Å². The predicted octanol–water partition coefficient (Wildman–Crippen LogP) is 2.62. The van der Waals surface area contributed by atoms with Gasteiger partial charge in [-0.15, -0.1) is 0 Å². The van der Waals surface area contributed by atoms with Gasteiger partial charge in [0.05, 0.1) is 4.90 Å².